The van der Waals surface area contributed by atoms with Crippen LogP contribution < -0.4 is 17.8 Å². The van der Waals surface area contributed by atoms with Crippen LogP contribution in [-0.2, 0) is 32.2 Å². The van der Waals surface area contributed by atoms with Gasteiger partial charge in [0, 0.05) is 17.9 Å². The van der Waals surface area contributed by atoms with Gasteiger partial charge in [0.25, 0.3) is 0 Å². The van der Waals surface area contributed by atoms with Gasteiger partial charge in [0.05, 0.1) is 15.4 Å². The fourth-order valence-electron chi connectivity index (χ4n) is 4.11. The quantitative estimate of drug-likeness (QED) is 0.819. The van der Waals surface area contributed by atoms with E-state index >= 15 is 0 Å². The van der Waals surface area contributed by atoms with Crippen molar-refractivity contribution in [2.24, 2.45) is 0 Å². The van der Waals surface area contributed by atoms with Gasteiger partial charge in [-0.2, -0.15) is 0 Å². The summed E-state index contributed by atoms with van der Waals surface area (Å²) in [6.07, 6.45) is 7.92. The second kappa shape index (κ2) is 7.11. The molecular formula is C19H20Cl3N2-. The minimum absolute atomic E-state index is 0. The molecule has 5 heteroatoms. The predicted molar refractivity (Wildman–Crippen MR) is 94.5 cm³/mol. The summed E-state index contributed by atoms with van der Waals surface area (Å²) in [6, 6.07) is 5.92. The summed E-state index contributed by atoms with van der Waals surface area (Å²) in [5.74, 6) is 0. The van der Waals surface area contributed by atoms with Crippen LogP contribution in [0.25, 0.3) is 0 Å². The van der Waals surface area contributed by atoms with Gasteiger partial charge in [-0.3, -0.25) is 0 Å². The third kappa shape index (κ3) is 3.00. The topological polar surface area (TPSA) is 28.8 Å². The zero-order valence-electron chi connectivity index (χ0n) is 13.5. The summed E-state index contributed by atoms with van der Waals surface area (Å²) >= 11 is 12.2. The van der Waals surface area contributed by atoms with E-state index in [1.54, 1.807) is 0 Å². The van der Waals surface area contributed by atoms with E-state index in [2.05, 4.69) is 10.6 Å². The molecule has 24 heavy (non-hydrogen) atoms. The number of nitrogens with one attached hydrogen (secondary N) is 1. The molecule has 0 amide bonds. The first-order valence-corrected chi connectivity index (χ1v) is 9.15. The number of rotatable bonds is 2. The fraction of sp³-hybridized carbons (Fsp3) is 0.421. The largest absolute Gasteiger partial charge is 1.00 e. The SMILES string of the molecule is N=c1c2c(n(Cc3ccc(Cl)c(Cl)c3)c3c1CCC3)CCCC2.[Cl-]. The van der Waals surface area contributed by atoms with E-state index in [9.17, 15) is 0 Å². The average Bonchev–Trinajstić information content (AvgIpc) is 3.04. The van der Waals surface area contributed by atoms with Crippen molar-refractivity contribution in [3.63, 3.8) is 0 Å². The summed E-state index contributed by atoms with van der Waals surface area (Å²) in [7, 11) is 0. The van der Waals surface area contributed by atoms with Crippen LogP contribution in [0.1, 0.15) is 47.3 Å². The number of benzene rings is 1. The Bertz CT molecular complexity index is 839. The number of aromatic nitrogens is 1. The van der Waals surface area contributed by atoms with E-state index < -0.39 is 0 Å². The minimum atomic E-state index is 0. The second-order valence-corrected chi connectivity index (χ2v) is 7.44. The van der Waals surface area contributed by atoms with Crippen LogP contribution in [-0.4, -0.2) is 4.57 Å². The van der Waals surface area contributed by atoms with E-state index in [1.165, 1.54) is 47.3 Å². The van der Waals surface area contributed by atoms with Crippen LogP contribution in [0.15, 0.2) is 18.2 Å². The van der Waals surface area contributed by atoms with Crippen LogP contribution in [0, 0.1) is 5.41 Å². The molecule has 2 aliphatic carbocycles. The number of hydrogen-bond donors (Lipinski definition) is 1. The maximum Gasteiger partial charge on any atom is 0.0638 e. The summed E-state index contributed by atoms with van der Waals surface area (Å²) in [4.78, 5) is 0. The van der Waals surface area contributed by atoms with Gasteiger partial charge in [0.1, 0.15) is 0 Å². The molecule has 128 valence electrons. The van der Waals surface area contributed by atoms with Gasteiger partial charge in [0.15, 0.2) is 0 Å². The Kier molecular flexibility index (Phi) is 5.29. The molecular weight excluding hydrogens is 363 g/mol. The number of hydrogen-bond acceptors (Lipinski definition) is 1. The molecule has 0 atom stereocenters. The number of halogens is 3. The summed E-state index contributed by atoms with van der Waals surface area (Å²) in [5, 5.41) is 10.6. The molecule has 0 saturated heterocycles. The highest BCUT2D eigenvalue weighted by Crippen LogP contribution is 2.29. The molecule has 2 aliphatic rings. The third-order valence-electron chi connectivity index (χ3n) is 5.21. The Labute approximate surface area is 158 Å². The molecule has 1 aromatic carbocycles. The molecule has 2 nitrogen and oxygen atoms in total. The maximum atomic E-state index is 8.59. The number of pyridine rings is 1. The molecule has 0 fully saturated rings. The molecule has 1 aromatic heterocycles. The highest BCUT2D eigenvalue weighted by Gasteiger charge is 2.24. The Balaban J connectivity index is 0.00000169. The molecule has 4 rings (SSSR count). The lowest BCUT2D eigenvalue weighted by molar-refractivity contribution is -0.00000471. The zero-order chi connectivity index (χ0) is 16.0. The van der Waals surface area contributed by atoms with E-state index in [0.29, 0.717) is 10.0 Å². The molecule has 0 spiro atoms. The first-order valence-electron chi connectivity index (χ1n) is 8.40. The van der Waals surface area contributed by atoms with Gasteiger partial charge >= 0.3 is 0 Å². The highest BCUT2D eigenvalue weighted by atomic mass is 35.5. The van der Waals surface area contributed by atoms with Gasteiger partial charge in [-0.25, -0.2) is 0 Å². The molecule has 1 N–H and O–H groups in total. The third-order valence-corrected chi connectivity index (χ3v) is 5.95. The summed E-state index contributed by atoms with van der Waals surface area (Å²) < 4.78 is 2.48. The molecule has 0 radical (unpaired) electrons. The average molecular weight is 383 g/mol. The molecule has 0 aliphatic heterocycles. The maximum absolute atomic E-state index is 8.59. The van der Waals surface area contributed by atoms with Gasteiger partial charge in [0.2, 0.25) is 0 Å². The lowest BCUT2D eigenvalue weighted by Gasteiger charge is -2.26. The van der Waals surface area contributed by atoms with E-state index in [1.807, 2.05) is 12.1 Å². The lowest BCUT2D eigenvalue weighted by Crippen LogP contribution is -3.00. The van der Waals surface area contributed by atoms with Gasteiger partial charge < -0.3 is 22.4 Å². The predicted octanol–water partition coefficient (Wildman–Crippen LogP) is 1.69. The molecule has 0 saturated carbocycles. The standard InChI is InChI=1S/C19H20Cl2N2.ClH/c20-15-9-8-12(10-16(15)21)11-23-17-6-2-1-4-13(17)19(22)14-5-3-7-18(14)23;/h8-10,22H,1-7,11H2;1H/p-1. The first-order chi connectivity index (χ1) is 11.1. The van der Waals surface area contributed by atoms with Crippen molar-refractivity contribution in [1.29, 1.82) is 5.41 Å². The van der Waals surface area contributed by atoms with Crippen molar-refractivity contribution >= 4 is 23.2 Å². The van der Waals surface area contributed by atoms with Crippen LogP contribution in [0.4, 0.5) is 0 Å². The van der Waals surface area contributed by atoms with E-state index in [-0.39, 0.29) is 12.4 Å². The van der Waals surface area contributed by atoms with Crippen molar-refractivity contribution in [2.75, 3.05) is 0 Å². The molecule has 0 unspecified atom stereocenters. The Morgan fingerprint density at radius 1 is 0.875 bits per heavy atom. The smallest absolute Gasteiger partial charge is 0.0638 e. The fourth-order valence-corrected chi connectivity index (χ4v) is 4.43. The van der Waals surface area contributed by atoms with Crippen LogP contribution >= 0.6 is 23.2 Å². The van der Waals surface area contributed by atoms with Crippen molar-refractivity contribution in [2.45, 2.75) is 51.5 Å². The Hall–Kier alpha value is -0.960. The number of fused-ring (bicyclic) bond motifs is 2. The van der Waals surface area contributed by atoms with Gasteiger partial charge in [-0.1, -0.05) is 29.3 Å². The highest BCUT2D eigenvalue weighted by molar-refractivity contribution is 6.42. The van der Waals surface area contributed by atoms with E-state index in [0.717, 1.165) is 37.6 Å². The van der Waals surface area contributed by atoms with Crippen LogP contribution in [0.3, 0.4) is 0 Å². The lowest BCUT2D eigenvalue weighted by atomic mass is 9.92. The van der Waals surface area contributed by atoms with E-state index in [4.69, 9.17) is 28.6 Å². The second-order valence-electron chi connectivity index (χ2n) is 6.62. The minimum Gasteiger partial charge on any atom is -1.00 e. The van der Waals surface area contributed by atoms with Gasteiger partial charge in [-0.15, -0.1) is 0 Å². The van der Waals surface area contributed by atoms with Gasteiger partial charge in [-0.05, 0) is 73.8 Å². The van der Waals surface area contributed by atoms with Crippen LogP contribution in [0.2, 0.25) is 10.0 Å². The van der Waals surface area contributed by atoms with Crippen molar-refractivity contribution in [3.05, 3.63) is 61.7 Å². The monoisotopic (exact) mass is 381 g/mol. The molecule has 2 aromatic rings. The van der Waals surface area contributed by atoms with Crippen molar-refractivity contribution in [1.82, 2.24) is 4.57 Å². The summed E-state index contributed by atoms with van der Waals surface area (Å²) in [5.41, 5.74) is 6.52. The van der Waals surface area contributed by atoms with Crippen molar-refractivity contribution < 1.29 is 12.4 Å². The van der Waals surface area contributed by atoms with Crippen molar-refractivity contribution in [3.8, 4) is 0 Å². The normalized spacial score (nSPS) is 15.6. The Morgan fingerprint density at radius 3 is 2.21 bits per heavy atom. The summed E-state index contributed by atoms with van der Waals surface area (Å²) in [6.45, 7) is 0.835. The first kappa shape index (κ1) is 17.8. The Morgan fingerprint density at radius 2 is 1.50 bits per heavy atom. The zero-order valence-corrected chi connectivity index (χ0v) is 15.7. The van der Waals surface area contributed by atoms with Crippen LogP contribution in [0.5, 0.6) is 0 Å². The number of nitrogens with zero attached hydrogens (tertiary/aromatic N) is 1. The molecule has 0 bridgehead atoms. The molecule has 1 heterocycles.